The van der Waals surface area contributed by atoms with Gasteiger partial charge < -0.3 is 15.8 Å². The molecule has 6 nitrogen and oxygen atoms in total. The number of benzene rings is 1. The van der Waals surface area contributed by atoms with Crippen molar-refractivity contribution in [3.05, 3.63) is 47.8 Å². The van der Waals surface area contributed by atoms with Crippen LogP contribution >= 0.6 is 0 Å². The summed E-state index contributed by atoms with van der Waals surface area (Å²) in [5.74, 6) is -4.11. The maximum atomic E-state index is 14.2. The maximum Gasteiger partial charge on any atom is 0.267 e. The Morgan fingerprint density at radius 2 is 1.84 bits per heavy atom. The van der Waals surface area contributed by atoms with Crippen LogP contribution in [0.5, 0.6) is 11.5 Å². The van der Waals surface area contributed by atoms with E-state index in [4.69, 9.17) is 10.5 Å². The fourth-order valence-corrected chi connectivity index (χ4v) is 1.75. The van der Waals surface area contributed by atoms with Gasteiger partial charge in [-0.2, -0.15) is 4.39 Å². The van der Waals surface area contributed by atoms with Crippen LogP contribution in [0.25, 0.3) is 0 Å². The molecule has 0 aliphatic rings. The Labute approximate surface area is 143 Å². The summed E-state index contributed by atoms with van der Waals surface area (Å²) in [5.41, 5.74) is 3.97. The molecule has 132 valence electrons. The van der Waals surface area contributed by atoms with E-state index in [1.807, 2.05) is 0 Å². The number of hydrogen-bond acceptors (Lipinski definition) is 4. The molecule has 2 rings (SSSR count). The third-order valence-corrected chi connectivity index (χ3v) is 3.19. The number of nitrogens with two attached hydrogens (primary N) is 1. The number of ether oxygens (including phenoxy) is 1. The minimum atomic E-state index is -1.27. The maximum absolute atomic E-state index is 14.2. The molecule has 0 saturated carbocycles. The minimum absolute atomic E-state index is 0.0635. The lowest BCUT2D eigenvalue weighted by molar-refractivity contribution is -0.123. The number of pyridine rings is 1. The topological polar surface area (TPSA) is 94.3 Å². The van der Waals surface area contributed by atoms with Crippen LogP contribution in [0.1, 0.15) is 31.3 Å². The molecule has 0 radical (unpaired) electrons. The number of nitrogens with one attached hydrogen (secondary N) is 1. The number of carbonyl (C=O) groups is 2. The molecular weight excluding hydrogens is 332 g/mol. The third-order valence-electron chi connectivity index (χ3n) is 3.19. The van der Waals surface area contributed by atoms with Crippen LogP contribution < -0.4 is 15.8 Å². The van der Waals surface area contributed by atoms with Gasteiger partial charge in [0.1, 0.15) is 11.4 Å². The van der Waals surface area contributed by atoms with Gasteiger partial charge in [-0.3, -0.25) is 14.6 Å². The van der Waals surface area contributed by atoms with Crippen molar-refractivity contribution in [2.75, 3.05) is 5.32 Å². The summed E-state index contributed by atoms with van der Waals surface area (Å²) < 4.78 is 33.6. The first-order valence-corrected chi connectivity index (χ1v) is 7.32. The Balaban J connectivity index is 2.27. The highest BCUT2D eigenvalue weighted by atomic mass is 19.2. The highest BCUT2D eigenvalue weighted by Crippen LogP contribution is 2.30. The van der Waals surface area contributed by atoms with Gasteiger partial charge in [0.05, 0.1) is 5.69 Å². The molecule has 0 spiro atoms. The summed E-state index contributed by atoms with van der Waals surface area (Å²) in [6.45, 7) is 4.94. The second kappa shape index (κ2) is 6.84. The molecule has 0 atom stereocenters. The van der Waals surface area contributed by atoms with Gasteiger partial charge in [0.2, 0.25) is 11.7 Å². The molecule has 0 bridgehead atoms. The Morgan fingerprint density at radius 1 is 1.16 bits per heavy atom. The van der Waals surface area contributed by atoms with E-state index in [2.05, 4.69) is 10.3 Å². The Bertz CT molecular complexity index is 832. The van der Waals surface area contributed by atoms with Crippen LogP contribution in [0.15, 0.2) is 30.5 Å². The summed E-state index contributed by atoms with van der Waals surface area (Å²) in [6, 6.07) is 4.92. The van der Waals surface area contributed by atoms with Crippen molar-refractivity contribution < 1.29 is 23.1 Å². The van der Waals surface area contributed by atoms with Gasteiger partial charge in [0.15, 0.2) is 11.6 Å². The second-order valence-electron chi connectivity index (χ2n) is 6.29. The Hall–Kier alpha value is -3.03. The molecule has 1 aromatic carbocycles. The molecule has 0 aliphatic carbocycles. The number of hydrogen-bond donors (Lipinski definition) is 2. The van der Waals surface area contributed by atoms with Crippen molar-refractivity contribution in [2.45, 2.75) is 20.8 Å². The van der Waals surface area contributed by atoms with Crippen LogP contribution in [0, 0.1) is 17.0 Å². The van der Waals surface area contributed by atoms with Crippen LogP contribution in [0.4, 0.5) is 14.5 Å². The van der Waals surface area contributed by atoms with Crippen molar-refractivity contribution in [3.63, 3.8) is 0 Å². The van der Waals surface area contributed by atoms with Gasteiger partial charge >= 0.3 is 0 Å². The molecule has 1 aromatic heterocycles. The third kappa shape index (κ3) is 4.28. The SMILES string of the molecule is CC(C)(C)C(=O)Nc1ccc(Oc2ccnc(C(N)=O)c2)c(F)c1F. The molecule has 0 unspecified atom stereocenters. The summed E-state index contributed by atoms with van der Waals surface area (Å²) in [7, 11) is 0. The van der Waals surface area contributed by atoms with Gasteiger partial charge in [0, 0.05) is 17.7 Å². The number of anilines is 1. The molecule has 0 aliphatic heterocycles. The zero-order chi connectivity index (χ0) is 18.8. The van der Waals surface area contributed by atoms with Gasteiger partial charge in [-0.25, -0.2) is 4.39 Å². The standard InChI is InChI=1S/C17H17F2N3O3/c1-17(2,3)16(24)22-10-4-5-12(14(19)13(10)18)25-9-6-7-21-11(8-9)15(20)23/h4-8H,1-3H3,(H2,20,23)(H,22,24). The fraction of sp³-hybridized carbons (Fsp3) is 0.235. The first kappa shape index (κ1) is 18.3. The predicted molar refractivity (Wildman–Crippen MR) is 87.3 cm³/mol. The van der Waals surface area contributed by atoms with E-state index in [-0.39, 0.29) is 17.1 Å². The van der Waals surface area contributed by atoms with Crippen molar-refractivity contribution in [2.24, 2.45) is 11.1 Å². The Kier molecular flexibility index (Phi) is 5.01. The van der Waals surface area contributed by atoms with Crippen molar-refractivity contribution in [1.82, 2.24) is 4.98 Å². The van der Waals surface area contributed by atoms with E-state index in [0.29, 0.717) is 0 Å². The monoisotopic (exact) mass is 349 g/mol. The molecule has 3 N–H and O–H groups in total. The lowest BCUT2D eigenvalue weighted by atomic mass is 9.95. The molecule has 2 aromatic rings. The number of rotatable bonds is 4. The van der Waals surface area contributed by atoms with Crippen LogP contribution in [0.3, 0.4) is 0 Å². The van der Waals surface area contributed by atoms with Gasteiger partial charge in [0.25, 0.3) is 5.91 Å². The van der Waals surface area contributed by atoms with Crippen molar-refractivity contribution in [1.29, 1.82) is 0 Å². The summed E-state index contributed by atoms with van der Waals surface area (Å²) in [6.07, 6.45) is 1.25. The zero-order valence-corrected chi connectivity index (χ0v) is 13.9. The quantitative estimate of drug-likeness (QED) is 0.886. The number of aromatic nitrogens is 1. The number of primary amides is 1. The molecular formula is C17H17F2N3O3. The molecule has 2 amide bonds. The molecule has 25 heavy (non-hydrogen) atoms. The number of nitrogens with zero attached hydrogens (tertiary/aromatic N) is 1. The summed E-state index contributed by atoms with van der Waals surface area (Å²) in [4.78, 5) is 26.7. The summed E-state index contributed by atoms with van der Waals surface area (Å²) >= 11 is 0. The number of halogens is 2. The van der Waals surface area contributed by atoms with Crippen molar-refractivity contribution in [3.8, 4) is 11.5 Å². The minimum Gasteiger partial charge on any atom is -0.454 e. The first-order valence-electron chi connectivity index (χ1n) is 7.32. The zero-order valence-electron chi connectivity index (χ0n) is 13.9. The molecule has 8 heteroatoms. The fourth-order valence-electron chi connectivity index (χ4n) is 1.75. The van der Waals surface area contributed by atoms with Crippen LogP contribution in [0.2, 0.25) is 0 Å². The lowest BCUT2D eigenvalue weighted by Gasteiger charge is -2.18. The van der Waals surface area contributed by atoms with Gasteiger partial charge in [-0.05, 0) is 18.2 Å². The molecule has 0 fully saturated rings. The van der Waals surface area contributed by atoms with Gasteiger partial charge in [-0.15, -0.1) is 0 Å². The van der Waals surface area contributed by atoms with E-state index in [1.165, 1.54) is 30.5 Å². The number of carbonyl (C=O) groups excluding carboxylic acids is 2. The Morgan fingerprint density at radius 3 is 2.44 bits per heavy atom. The van der Waals surface area contributed by atoms with E-state index in [1.54, 1.807) is 20.8 Å². The van der Waals surface area contributed by atoms with E-state index < -0.39 is 34.6 Å². The highest BCUT2D eigenvalue weighted by Gasteiger charge is 2.24. The first-order chi connectivity index (χ1) is 11.6. The van der Waals surface area contributed by atoms with Crippen LogP contribution in [-0.4, -0.2) is 16.8 Å². The van der Waals surface area contributed by atoms with E-state index >= 15 is 0 Å². The highest BCUT2D eigenvalue weighted by molar-refractivity contribution is 5.94. The second-order valence-corrected chi connectivity index (χ2v) is 6.29. The van der Waals surface area contributed by atoms with Crippen LogP contribution in [-0.2, 0) is 4.79 Å². The average molecular weight is 349 g/mol. The smallest absolute Gasteiger partial charge is 0.267 e. The largest absolute Gasteiger partial charge is 0.454 e. The molecule has 1 heterocycles. The van der Waals surface area contributed by atoms with E-state index in [9.17, 15) is 18.4 Å². The van der Waals surface area contributed by atoms with E-state index in [0.717, 1.165) is 0 Å². The average Bonchev–Trinajstić information content (AvgIpc) is 2.53. The predicted octanol–water partition coefficient (Wildman–Crippen LogP) is 3.24. The normalized spacial score (nSPS) is 11.1. The van der Waals surface area contributed by atoms with Crippen molar-refractivity contribution >= 4 is 17.5 Å². The van der Waals surface area contributed by atoms with Gasteiger partial charge in [-0.1, -0.05) is 20.8 Å². The summed E-state index contributed by atoms with van der Waals surface area (Å²) in [5, 5.41) is 2.33. The lowest BCUT2D eigenvalue weighted by Crippen LogP contribution is -2.28. The number of amides is 2. The molecule has 0 saturated heterocycles.